The second-order valence-corrected chi connectivity index (χ2v) is 8.72. The summed E-state index contributed by atoms with van der Waals surface area (Å²) >= 11 is 1.62. The molecule has 2 rings (SSSR count). The van der Waals surface area contributed by atoms with E-state index in [0.717, 1.165) is 23.5 Å². The zero-order valence-electron chi connectivity index (χ0n) is 16.6. The Hall–Kier alpha value is -1.47. The molecule has 2 atom stereocenters. The summed E-state index contributed by atoms with van der Waals surface area (Å²) in [7, 11) is 1.61. The van der Waals surface area contributed by atoms with E-state index in [4.69, 9.17) is 0 Å². The number of ketones is 1. The van der Waals surface area contributed by atoms with Crippen LogP contribution in [-0.4, -0.2) is 56.9 Å². The standard InChI is InChI=1S/C19H31N3O3S/c1-11(2)17(24)16(13(5)23)21(6)19(25)22(15-7-8-15)9-14-10-26-18(20-14)12(3)4/h10-13,15-16,23H,7-9H2,1-6H3. The minimum Gasteiger partial charge on any atom is -0.391 e. The van der Waals surface area contributed by atoms with Gasteiger partial charge in [0.2, 0.25) is 0 Å². The molecule has 1 aliphatic carbocycles. The van der Waals surface area contributed by atoms with Gasteiger partial charge in [-0.2, -0.15) is 0 Å². The van der Waals surface area contributed by atoms with Crippen LogP contribution in [0.2, 0.25) is 0 Å². The van der Waals surface area contributed by atoms with E-state index in [9.17, 15) is 14.7 Å². The molecule has 7 heteroatoms. The maximum atomic E-state index is 13.1. The van der Waals surface area contributed by atoms with Crippen molar-refractivity contribution in [2.75, 3.05) is 7.05 Å². The van der Waals surface area contributed by atoms with Crippen molar-refractivity contribution in [3.8, 4) is 0 Å². The van der Waals surface area contributed by atoms with Crippen LogP contribution in [0.4, 0.5) is 4.79 Å². The highest BCUT2D eigenvalue weighted by Gasteiger charge is 2.39. The van der Waals surface area contributed by atoms with E-state index in [0.29, 0.717) is 12.5 Å². The molecule has 0 spiro atoms. The molecular formula is C19H31N3O3S. The second-order valence-electron chi connectivity index (χ2n) is 7.83. The highest BCUT2D eigenvalue weighted by atomic mass is 32.1. The highest BCUT2D eigenvalue weighted by molar-refractivity contribution is 7.09. The number of aliphatic hydroxyl groups is 1. The normalized spacial score (nSPS) is 16.7. The summed E-state index contributed by atoms with van der Waals surface area (Å²) in [5.41, 5.74) is 0.885. The highest BCUT2D eigenvalue weighted by Crippen LogP contribution is 2.30. The summed E-state index contributed by atoms with van der Waals surface area (Å²) in [4.78, 5) is 33.4. The fourth-order valence-electron chi connectivity index (χ4n) is 2.99. The number of hydrogen-bond donors (Lipinski definition) is 1. The summed E-state index contributed by atoms with van der Waals surface area (Å²) in [6.45, 7) is 9.79. The third-order valence-electron chi connectivity index (χ3n) is 4.67. The lowest BCUT2D eigenvalue weighted by Crippen LogP contribution is -2.54. The van der Waals surface area contributed by atoms with Crippen LogP contribution in [0.3, 0.4) is 0 Å². The molecule has 0 radical (unpaired) electrons. The number of carbonyl (C=O) groups is 2. The average molecular weight is 382 g/mol. The predicted octanol–water partition coefficient (Wildman–Crippen LogP) is 3.26. The van der Waals surface area contributed by atoms with E-state index < -0.39 is 12.1 Å². The monoisotopic (exact) mass is 381 g/mol. The van der Waals surface area contributed by atoms with Gasteiger partial charge in [-0.05, 0) is 19.8 Å². The lowest BCUT2D eigenvalue weighted by atomic mass is 9.97. The van der Waals surface area contributed by atoms with Crippen LogP contribution in [0.1, 0.15) is 64.1 Å². The summed E-state index contributed by atoms with van der Waals surface area (Å²) in [6.07, 6.45) is 1.03. The minimum atomic E-state index is -0.910. The number of carbonyl (C=O) groups excluding carboxylic acids is 2. The van der Waals surface area contributed by atoms with Crippen molar-refractivity contribution in [3.05, 3.63) is 16.1 Å². The number of aromatic nitrogens is 1. The van der Waals surface area contributed by atoms with Crippen molar-refractivity contribution in [2.24, 2.45) is 5.92 Å². The Morgan fingerprint density at radius 1 is 1.27 bits per heavy atom. The molecule has 1 aromatic rings. The lowest BCUT2D eigenvalue weighted by molar-refractivity contribution is -0.129. The number of aliphatic hydroxyl groups excluding tert-OH is 1. The predicted molar refractivity (Wildman–Crippen MR) is 103 cm³/mol. The molecule has 1 fully saturated rings. The van der Waals surface area contributed by atoms with E-state index in [1.807, 2.05) is 5.38 Å². The smallest absolute Gasteiger partial charge is 0.321 e. The second kappa shape index (κ2) is 8.48. The third kappa shape index (κ3) is 4.82. The number of rotatable bonds is 8. The molecule has 0 bridgehead atoms. The van der Waals surface area contributed by atoms with Gasteiger partial charge >= 0.3 is 6.03 Å². The first-order valence-electron chi connectivity index (χ1n) is 9.33. The summed E-state index contributed by atoms with van der Waals surface area (Å²) in [6, 6.07) is -0.852. The Balaban J connectivity index is 2.17. The molecule has 1 heterocycles. The molecule has 1 N–H and O–H groups in total. The molecule has 6 nitrogen and oxygen atoms in total. The van der Waals surface area contributed by atoms with Gasteiger partial charge in [-0.1, -0.05) is 27.7 Å². The molecule has 26 heavy (non-hydrogen) atoms. The minimum absolute atomic E-state index is 0.123. The number of urea groups is 1. The zero-order chi connectivity index (χ0) is 19.6. The van der Waals surface area contributed by atoms with E-state index in [-0.39, 0.29) is 23.8 Å². The number of likely N-dealkylation sites (N-methyl/N-ethyl adjacent to an activating group) is 1. The number of Topliss-reactive ketones (excluding diaryl/α,β-unsaturated/α-hetero) is 1. The van der Waals surface area contributed by atoms with Crippen LogP contribution in [-0.2, 0) is 11.3 Å². The molecule has 0 aliphatic heterocycles. The van der Waals surface area contributed by atoms with E-state index in [1.165, 1.54) is 4.90 Å². The third-order valence-corrected chi connectivity index (χ3v) is 5.86. The van der Waals surface area contributed by atoms with Crippen LogP contribution in [0, 0.1) is 5.92 Å². The number of nitrogens with zero attached hydrogens (tertiary/aromatic N) is 3. The van der Waals surface area contributed by atoms with Crippen LogP contribution in [0.15, 0.2) is 5.38 Å². The number of amides is 2. The van der Waals surface area contributed by atoms with Crippen LogP contribution in [0.25, 0.3) is 0 Å². The van der Waals surface area contributed by atoms with Crippen LogP contribution < -0.4 is 0 Å². The quantitative estimate of drug-likeness (QED) is 0.750. The van der Waals surface area contributed by atoms with Crippen molar-refractivity contribution in [3.63, 3.8) is 0 Å². The summed E-state index contributed by atoms with van der Waals surface area (Å²) < 4.78 is 0. The molecule has 0 saturated heterocycles. The topological polar surface area (TPSA) is 73.7 Å². The van der Waals surface area contributed by atoms with Gasteiger partial charge in [0.15, 0.2) is 5.78 Å². The van der Waals surface area contributed by atoms with E-state index in [1.54, 1.807) is 44.1 Å². The molecule has 146 valence electrons. The zero-order valence-corrected chi connectivity index (χ0v) is 17.4. The summed E-state index contributed by atoms with van der Waals surface area (Å²) in [5, 5.41) is 13.2. The Morgan fingerprint density at radius 2 is 1.88 bits per heavy atom. The van der Waals surface area contributed by atoms with Gasteiger partial charge < -0.3 is 14.9 Å². The van der Waals surface area contributed by atoms with Crippen molar-refractivity contribution in [1.29, 1.82) is 0 Å². The van der Waals surface area contributed by atoms with Crippen molar-refractivity contribution in [1.82, 2.24) is 14.8 Å². The fourth-order valence-corrected chi connectivity index (χ4v) is 3.82. The Labute approximate surface area is 160 Å². The van der Waals surface area contributed by atoms with Crippen molar-refractivity contribution in [2.45, 2.75) is 78.1 Å². The van der Waals surface area contributed by atoms with Crippen molar-refractivity contribution < 1.29 is 14.7 Å². The van der Waals surface area contributed by atoms with Gasteiger partial charge in [-0.3, -0.25) is 4.79 Å². The number of thiazole rings is 1. The van der Waals surface area contributed by atoms with E-state index in [2.05, 4.69) is 18.8 Å². The summed E-state index contributed by atoms with van der Waals surface area (Å²) in [5.74, 6) is -0.00139. The van der Waals surface area contributed by atoms with Gasteiger partial charge in [-0.15, -0.1) is 11.3 Å². The molecule has 1 saturated carbocycles. The van der Waals surface area contributed by atoms with Gasteiger partial charge in [0.1, 0.15) is 6.04 Å². The van der Waals surface area contributed by atoms with Gasteiger partial charge in [0.25, 0.3) is 0 Å². The molecule has 2 amide bonds. The Bertz CT molecular complexity index is 638. The molecule has 0 aromatic carbocycles. The van der Waals surface area contributed by atoms with Gasteiger partial charge in [0.05, 0.1) is 23.4 Å². The van der Waals surface area contributed by atoms with Gasteiger partial charge in [-0.25, -0.2) is 9.78 Å². The fraction of sp³-hybridized carbons (Fsp3) is 0.737. The lowest BCUT2D eigenvalue weighted by Gasteiger charge is -2.34. The average Bonchev–Trinajstić information content (AvgIpc) is 3.29. The molecular weight excluding hydrogens is 350 g/mol. The maximum absolute atomic E-state index is 13.1. The first-order valence-corrected chi connectivity index (χ1v) is 10.2. The first kappa shape index (κ1) is 20.8. The Kier molecular flexibility index (Phi) is 6.80. The number of hydrogen-bond acceptors (Lipinski definition) is 5. The van der Waals surface area contributed by atoms with Crippen LogP contribution >= 0.6 is 11.3 Å². The van der Waals surface area contributed by atoms with Gasteiger partial charge in [0, 0.05) is 30.3 Å². The van der Waals surface area contributed by atoms with Crippen LogP contribution in [0.5, 0.6) is 0 Å². The first-order chi connectivity index (χ1) is 12.1. The molecule has 1 aromatic heterocycles. The Morgan fingerprint density at radius 3 is 2.31 bits per heavy atom. The molecule has 2 unspecified atom stereocenters. The molecule has 1 aliphatic rings. The largest absolute Gasteiger partial charge is 0.391 e. The SMILES string of the molecule is CC(C)C(=O)C(C(C)O)N(C)C(=O)N(Cc1csc(C(C)C)n1)C1CC1. The van der Waals surface area contributed by atoms with Crippen molar-refractivity contribution >= 4 is 23.2 Å². The maximum Gasteiger partial charge on any atom is 0.321 e. The van der Waals surface area contributed by atoms with E-state index >= 15 is 0 Å².